The third-order valence-corrected chi connectivity index (χ3v) is 3.44. The normalized spacial score (nSPS) is 18.6. The van der Waals surface area contributed by atoms with E-state index in [0.717, 1.165) is 13.0 Å². The van der Waals surface area contributed by atoms with E-state index < -0.39 is 0 Å². The van der Waals surface area contributed by atoms with Gasteiger partial charge in [-0.1, -0.05) is 18.2 Å². The molecular formula is C15H22N2O2. The summed E-state index contributed by atoms with van der Waals surface area (Å²) in [6.07, 6.45) is 2.31. The van der Waals surface area contributed by atoms with E-state index in [9.17, 15) is 4.79 Å². The quantitative estimate of drug-likeness (QED) is 0.850. The Morgan fingerprint density at radius 2 is 2.21 bits per heavy atom. The highest BCUT2D eigenvalue weighted by Crippen LogP contribution is 2.24. The van der Waals surface area contributed by atoms with Crippen LogP contribution in [0.25, 0.3) is 0 Å². The number of anilines is 1. The summed E-state index contributed by atoms with van der Waals surface area (Å²) < 4.78 is 5.10. The highest BCUT2D eigenvalue weighted by molar-refractivity contribution is 5.77. The Morgan fingerprint density at radius 3 is 2.95 bits per heavy atom. The second-order valence-electron chi connectivity index (χ2n) is 4.77. The fourth-order valence-corrected chi connectivity index (χ4v) is 2.48. The lowest BCUT2D eigenvalue weighted by atomic mass is 10.2. The molecule has 104 valence electrons. The molecule has 4 nitrogen and oxygen atoms in total. The monoisotopic (exact) mass is 262 g/mol. The first-order valence-electron chi connectivity index (χ1n) is 6.97. The number of para-hydroxylation sites is 1. The van der Waals surface area contributed by atoms with Gasteiger partial charge in [0.05, 0.1) is 0 Å². The zero-order chi connectivity index (χ0) is 13.5. The van der Waals surface area contributed by atoms with E-state index in [0.29, 0.717) is 19.2 Å². The van der Waals surface area contributed by atoms with Gasteiger partial charge in [-0.2, -0.15) is 0 Å². The number of hydrogen-bond acceptors (Lipinski definition) is 3. The molecule has 0 unspecified atom stereocenters. The van der Waals surface area contributed by atoms with Crippen molar-refractivity contribution in [2.24, 2.45) is 0 Å². The van der Waals surface area contributed by atoms with E-state index in [1.807, 2.05) is 13.0 Å². The number of hydrogen-bond donors (Lipinski definition) is 1. The van der Waals surface area contributed by atoms with Gasteiger partial charge in [0, 0.05) is 31.4 Å². The van der Waals surface area contributed by atoms with E-state index in [2.05, 4.69) is 34.5 Å². The first kappa shape index (κ1) is 13.9. The van der Waals surface area contributed by atoms with Gasteiger partial charge >= 0.3 is 0 Å². The minimum Gasteiger partial charge on any atom is -0.372 e. The van der Waals surface area contributed by atoms with Gasteiger partial charge in [0.15, 0.2) is 0 Å². The molecule has 0 saturated carbocycles. The van der Waals surface area contributed by atoms with Crippen LogP contribution in [0.1, 0.15) is 19.8 Å². The van der Waals surface area contributed by atoms with Crippen LogP contribution >= 0.6 is 0 Å². The molecule has 1 heterocycles. The Morgan fingerprint density at radius 1 is 1.42 bits per heavy atom. The zero-order valence-corrected chi connectivity index (χ0v) is 11.5. The standard InChI is InChI=1S/C15H22N2O2/c1-2-19-12-15(18)16-11-14-9-6-10-17(14)13-7-4-3-5-8-13/h3-5,7-8,14H,2,6,9-12H2,1H3,(H,16,18)/t14-/m0/s1. The molecule has 0 aromatic heterocycles. The number of ether oxygens (including phenoxy) is 1. The van der Waals surface area contributed by atoms with E-state index >= 15 is 0 Å². The highest BCUT2D eigenvalue weighted by atomic mass is 16.5. The van der Waals surface area contributed by atoms with Gasteiger partial charge in [-0.05, 0) is 31.9 Å². The molecule has 0 aliphatic carbocycles. The number of carbonyl (C=O) groups is 1. The molecular weight excluding hydrogens is 240 g/mol. The molecule has 1 N–H and O–H groups in total. The minimum atomic E-state index is -0.0261. The van der Waals surface area contributed by atoms with Gasteiger partial charge in [-0.15, -0.1) is 0 Å². The summed E-state index contributed by atoms with van der Waals surface area (Å²) in [5.74, 6) is -0.0261. The second-order valence-corrected chi connectivity index (χ2v) is 4.77. The van der Waals surface area contributed by atoms with Gasteiger partial charge in [0.25, 0.3) is 0 Å². The van der Waals surface area contributed by atoms with Crippen molar-refractivity contribution in [1.29, 1.82) is 0 Å². The molecule has 1 amide bonds. The van der Waals surface area contributed by atoms with Crippen LogP contribution in [0.3, 0.4) is 0 Å². The van der Waals surface area contributed by atoms with Crippen LogP contribution in [0.4, 0.5) is 5.69 Å². The summed E-state index contributed by atoms with van der Waals surface area (Å²) >= 11 is 0. The molecule has 1 atom stereocenters. The van der Waals surface area contributed by atoms with Crippen molar-refractivity contribution in [3.05, 3.63) is 30.3 Å². The molecule has 1 aliphatic heterocycles. The molecule has 4 heteroatoms. The van der Waals surface area contributed by atoms with Crippen LogP contribution in [0.15, 0.2) is 30.3 Å². The van der Waals surface area contributed by atoms with Crippen LogP contribution in [-0.2, 0) is 9.53 Å². The second kappa shape index (κ2) is 7.14. The number of rotatable bonds is 6. The topological polar surface area (TPSA) is 41.6 Å². The summed E-state index contributed by atoms with van der Waals surface area (Å²) in [5.41, 5.74) is 1.24. The van der Waals surface area contributed by atoms with Crippen LogP contribution in [0, 0.1) is 0 Å². The van der Waals surface area contributed by atoms with Crippen molar-refractivity contribution in [1.82, 2.24) is 5.32 Å². The lowest BCUT2D eigenvalue weighted by Crippen LogP contribution is -2.41. The van der Waals surface area contributed by atoms with E-state index in [4.69, 9.17) is 4.74 Å². The summed E-state index contributed by atoms with van der Waals surface area (Å²) in [5, 5.41) is 2.95. The molecule has 0 spiro atoms. The molecule has 1 fully saturated rings. The first-order valence-corrected chi connectivity index (χ1v) is 6.97. The Labute approximate surface area is 114 Å². The van der Waals surface area contributed by atoms with Crippen LogP contribution < -0.4 is 10.2 Å². The lowest BCUT2D eigenvalue weighted by molar-refractivity contribution is -0.125. The lowest BCUT2D eigenvalue weighted by Gasteiger charge is -2.27. The highest BCUT2D eigenvalue weighted by Gasteiger charge is 2.24. The fourth-order valence-electron chi connectivity index (χ4n) is 2.48. The maximum atomic E-state index is 11.5. The van der Waals surface area contributed by atoms with Crippen molar-refractivity contribution in [2.45, 2.75) is 25.8 Å². The molecule has 1 aromatic rings. The van der Waals surface area contributed by atoms with Gasteiger partial charge in [0.1, 0.15) is 6.61 Å². The number of carbonyl (C=O) groups excluding carboxylic acids is 1. The third-order valence-electron chi connectivity index (χ3n) is 3.44. The summed E-state index contributed by atoms with van der Waals surface area (Å²) in [7, 11) is 0. The third kappa shape index (κ3) is 3.96. The van der Waals surface area contributed by atoms with Crippen molar-refractivity contribution >= 4 is 11.6 Å². The fraction of sp³-hybridized carbons (Fsp3) is 0.533. The Bertz CT molecular complexity index is 394. The van der Waals surface area contributed by atoms with Crippen molar-refractivity contribution in [2.75, 3.05) is 31.2 Å². The Kier molecular flexibility index (Phi) is 5.21. The molecule has 1 aliphatic rings. The van der Waals surface area contributed by atoms with Crippen molar-refractivity contribution in [3.63, 3.8) is 0 Å². The van der Waals surface area contributed by atoms with Gasteiger partial charge in [-0.25, -0.2) is 0 Å². The van der Waals surface area contributed by atoms with Crippen molar-refractivity contribution < 1.29 is 9.53 Å². The molecule has 1 aromatic carbocycles. The SMILES string of the molecule is CCOCC(=O)NC[C@@H]1CCCN1c1ccccc1. The van der Waals surface area contributed by atoms with Gasteiger partial charge in [-0.3, -0.25) is 4.79 Å². The van der Waals surface area contributed by atoms with E-state index in [-0.39, 0.29) is 12.5 Å². The van der Waals surface area contributed by atoms with Crippen LogP contribution in [0.5, 0.6) is 0 Å². The Balaban J connectivity index is 1.84. The summed E-state index contributed by atoms with van der Waals surface area (Å²) in [6.45, 7) is 4.39. The minimum absolute atomic E-state index is 0.0261. The van der Waals surface area contributed by atoms with E-state index in [1.165, 1.54) is 12.1 Å². The number of nitrogens with one attached hydrogen (secondary N) is 1. The van der Waals surface area contributed by atoms with Gasteiger partial charge < -0.3 is 15.0 Å². The predicted octanol–water partition coefficient (Wildman–Crippen LogP) is 1.81. The molecule has 1 saturated heterocycles. The van der Waals surface area contributed by atoms with Gasteiger partial charge in [0.2, 0.25) is 5.91 Å². The molecule has 19 heavy (non-hydrogen) atoms. The van der Waals surface area contributed by atoms with E-state index in [1.54, 1.807) is 0 Å². The maximum absolute atomic E-state index is 11.5. The zero-order valence-electron chi connectivity index (χ0n) is 11.5. The molecule has 0 radical (unpaired) electrons. The summed E-state index contributed by atoms with van der Waals surface area (Å²) in [6, 6.07) is 10.8. The number of benzene rings is 1. The van der Waals surface area contributed by atoms with Crippen LogP contribution in [-0.4, -0.2) is 38.3 Å². The average molecular weight is 262 g/mol. The van der Waals surface area contributed by atoms with Crippen LogP contribution in [0.2, 0.25) is 0 Å². The number of nitrogens with zero attached hydrogens (tertiary/aromatic N) is 1. The summed E-state index contributed by atoms with van der Waals surface area (Å²) in [4.78, 5) is 13.9. The smallest absolute Gasteiger partial charge is 0.246 e. The molecule has 0 bridgehead atoms. The largest absolute Gasteiger partial charge is 0.372 e. The predicted molar refractivity (Wildman–Crippen MR) is 76.3 cm³/mol. The molecule has 2 rings (SSSR count). The average Bonchev–Trinajstić information content (AvgIpc) is 2.92. The maximum Gasteiger partial charge on any atom is 0.246 e. The number of amides is 1. The Hall–Kier alpha value is -1.55. The van der Waals surface area contributed by atoms with Crippen molar-refractivity contribution in [3.8, 4) is 0 Å². The first-order chi connectivity index (χ1) is 9.31.